The van der Waals surface area contributed by atoms with Crippen LogP contribution in [0.3, 0.4) is 0 Å². The van der Waals surface area contributed by atoms with Gasteiger partial charge in [0.25, 0.3) is 0 Å². The Bertz CT molecular complexity index is 578. The van der Waals surface area contributed by atoms with Crippen LogP contribution in [0, 0.1) is 0 Å². The van der Waals surface area contributed by atoms with Gasteiger partial charge in [0, 0.05) is 19.1 Å². The third kappa shape index (κ3) is 3.92. The molecule has 0 bridgehead atoms. The number of hydrogen-bond donors (Lipinski definition) is 0. The molecule has 110 valence electrons. The minimum absolute atomic E-state index is 0.0493. The maximum absolute atomic E-state index is 12.0. The topological polar surface area (TPSA) is 35.5 Å². The summed E-state index contributed by atoms with van der Waals surface area (Å²) < 4.78 is 11.2. The molecule has 0 spiro atoms. The molecule has 2 rings (SSSR count). The van der Waals surface area contributed by atoms with Gasteiger partial charge in [-0.2, -0.15) is 0 Å². The molecule has 0 amide bonds. The Morgan fingerprint density at radius 2 is 1.71 bits per heavy atom. The van der Waals surface area contributed by atoms with E-state index in [0.717, 1.165) is 11.1 Å². The third-order valence-corrected chi connectivity index (χ3v) is 3.32. The second-order valence-corrected chi connectivity index (χ2v) is 4.75. The molecule has 21 heavy (non-hydrogen) atoms. The number of ether oxygens (including phenoxy) is 2. The number of methoxy groups -OCH3 is 1. The average molecular weight is 284 g/mol. The zero-order chi connectivity index (χ0) is 15.1. The Labute approximate surface area is 125 Å². The van der Waals surface area contributed by atoms with Gasteiger partial charge in [0.05, 0.1) is 0 Å². The van der Waals surface area contributed by atoms with Crippen LogP contribution in [0.15, 0.2) is 54.6 Å². The van der Waals surface area contributed by atoms with E-state index in [1.54, 1.807) is 7.11 Å². The van der Waals surface area contributed by atoms with E-state index >= 15 is 0 Å². The molecule has 0 saturated carbocycles. The summed E-state index contributed by atoms with van der Waals surface area (Å²) in [5.74, 6) is 0.739. The van der Waals surface area contributed by atoms with Crippen LogP contribution >= 0.6 is 0 Å². The van der Waals surface area contributed by atoms with E-state index in [1.165, 1.54) is 0 Å². The maximum atomic E-state index is 12.0. The second kappa shape index (κ2) is 7.60. The van der Waals surface area contributed by atoms with E-state index in [2.05, 4.69) is 0 Å². The van der Waals surface area contributed by atoms with E-state index in [4.69, 9.17) is 9.47 Å². The van der Waals surface area contributed by atoms with Crippen molar-refractivity contribution in [1.82, 2.24) is 0 Å². The second-order valence-electron chi connectivity index (χ2n) is 4.75. The minimum atomic E-state index is -0.568. The minimum Gasteiger partial charge on any atom is -0.489 e. The van der Waals surface area contributed by atoms with Gasteiger partial charge in [-0.3, -0.25) is 4.79 Å². The summed E-state index contributed by atoms with van der Waals surface area (Å²) in [6, 6.07) is 17.5. The molecule has 2 aromatic rings. The van der Waals surface area contributed by atoms with Crippen molar-refractivity contribution in [3.8, 4) is 5.75 Å². The quantitative estimate of drug-likeness (QED) is 0.772. The fourth-order valence-electron chi connectivity index (χ4n) is 2.18. The standard InChI is InChI=1S/C18H20O3/c1-3-16(19)18(20-2)15-11-7-8-12-17(15)21-13-14-9-5-4-6-10-14/h4-12,18H,3,13H2,1-2H3. The Hall–Kier alpha value is -2.13. The van der Waals surface area contributed by atoms with Crippen LogP contribution in [0.1, 0.15) is 30.6 Å². The van der Waals surface area contributed by atoms with Crippen LogP contribution in [0.5, 0.6) is 5.75 Å². The summed E-state index contributed by atoms with van der Waals surface area (Å²) in [4.78, 5) is 12.0. The van der Waals surface area contributed by atoms with Crippen LogP contribution in [-0.2, 0) is 16.1 Å². The number of rotatable bonds is 7. The van der Waals surface area contributed by atoms with Crippen LogP contribution in [-0.4, -0.2) is 12.9 Å². The highest BCUT2D eigenvalue weighted by atomic mass is 16.5. The van der Waals surface area contributed by atoms with Crippen LogP contribution in [0.2, 0.25) is 0 Å². The monoisotopic (exact) mass is 284 g/mol. The van der Waals surface area contributed by atoms with Crippen molar-refractivity contribution < 1.29 is 14.3 Å². The fourth-order valence-corrected chi connectivity index (χ4v) is 2.18. The van der Waals surface area contributed by atoms with E-state index in [-0.39, 0.29) is 5.78 Å². The summed E-state index contributed by atoms with van der Waals surface area (Å²) in [5, 5.41) is 0. The van der Waals surface area contributed by atoms with Gasteiger partial charge in [0.15, 0.2) is 5.78 Å². The summed E-state index contributed by atoms with van der Waals surface area (Å²) in [5.41, 5.74) is 1.87. The predicted octanol–water partition coefficient (Wildman–Crippen LogP) is 3.93. The van der Waals surface area contributed by atoms with Crippen LogP contribution in [0.25, 0.3) is 0 Å². The van der Waals surface area contributed by atoms with E-state index < -0.39 is 6.10 Å². The molecule has 0 radical (unpaired) electrons. The Kier molecular flexibility index (Phi) is 5.52. The van der Waals surface area contributed by atoms with Crippen molar-refractivity contribution in [2.75, 3.05) is 7.11 Å². The Morgan fingerprint density at radius 3 is 2.38 bits per heavy atom. The zero-order valence-electron chi connectivity index (χ0n) is 12.4. The molecule has 3 heteroatoms. The third-order valence-electron chi connectivity index (χ3n) is 3.32. The lowest BCUT2D eigenvalue weighted by Gasteiger charge is -2.18. The molecule has 0 saturated heterocycles. The van der Waals surface area contributed by atoms with E-state index in [0.29, 0.717) is 18.8 Å². The predicted molar refractivity (Wildman–Crippen MR) is 82.3 cm³/mol. The number of carbonyl (C=O) groups excluding carboxylic acids is 1. The fraction of sp³-hybridized carbons (Fsp3) is 0.278. The Morgan fingerprint density at radius 1 is 1.05 bits per heavy atom. The van der Waals surface area contributed by atoms with Gasteiger partial charge in [-0.1, -0.05) is 55.5 Å². The highest BCUT2D eigenvalue weighted by Crippen LogP contribution is 2.29. The molecule has 0 aliphatic rings. The summed E-state index contributed by atoms with van der Waals surface area (Å²) in [7, 11) is 1.55. The first-order valence-electron chi connectivity index (χ1n) is 7.07. The number of benzene rings is 2. The van der Waals surface area contributed by atoms with Gasteiger partial charge in [-0.15, -0.1) is 0 Å². The molecule has 1 atom stereocenters. The van der Waals surface area contributed by atoms with Crippen molar-refractivity contribution in [1.29, 1.82) is 0 Å². The number of hydrogen-bond acceptors (Lipinski definition) is 3. The first-order valence-corrected chi connectivity index (χ1v) is 7.07. The average Bonchev–Trinajstić information content (AvgIpc) is 2.55. The molecule has 0 aromatic heterocycles. The zero-order valence-corrected chi connectivity index (χ0v) is 12.4. The highest BCUT2D eigenvalue weighted by Gasteiger charge is 2.21. The van der Waals surface area contributed by atoms with Crippen molar-refractivity contribution in [2.45, 2.75) is 26.1 Å². The van der Waals surface area contributed by atoms with Crippen molar-refractivity contribution in [3.05, 3.63) is 65.7 Å². The molecule has 0 aliphatic heterocycles. The highest BCUT2D eigenvalue weighted by molar-refractivity contribution is 5.84. The van der Waals surface area contributed by atoms with Gasteiger partial charge in [0.2, 0.25) is 0 Å². The first-order chi connectivity index (χ1) is 10.3. The molecular weight excluding hydrogens is 264 g/mol. The molecule has 0 N–H and O–H groups in total. The normalized spacial score (nSPS) is 11.9. The molecular formula is C18H20O3. The summed E-state index contributed by atoms with van der Waals surface area (Å²) in [6.07, 6.45) is -0.132. The number of para-hydroxylation sites is 1. The first kappa shape index (κ1) is 15.3. The molecule has 0 fully saturated rings. The molecule has 1 unspecified atom stereocenters. The Balaban J connectivity index is 2.18. The van der Waals surface area contributed by atoms with E-state index in [1.807, 2.05) is 61.5 Å². The summed E-state index contributed by atoms with van der Waals surface area (Å²) >= 11 is 0. The van der Waals surface area contributed by atoms with Crippen molar-refractivity contribution in [2.24, 2.45) is 0 Å². The van der Waals surface area contributed by atoms with Gasteiger partial charge >= 0.3 is 0 Å². The smallest absolute Gasteiger partial charge is 0.165 e. The number of Topliss-reactive ketones (excluding diaryl/α,β-unsaturated/α-hetero) is 1. The van der Waals surface area contributed by atoms with Crippen LogP contribution < -0.4 is 4.74 Å². The van der Waals surface area contributed by atoms with Gasteiger partial charge < -0.3 is 9.47 Å². The summed E-state index contributed by atoms with van der Waals surface area (Å²) in [6.45, 7) is 2.30. The van der Waals surface area contributed by atoms with Crippen LogP contribution in [0.4, 0.5) is 0 Å². The number of ketones is 1. The SMILES string of the molecule is CCC(=O)C(OC)c1ccccc1OCc1ccccc1. The maximum Gasteiger partial charge on any atom is 0.165 e. The van der Waals surface area contributed by atoms with Gasteiger partial charge in [0.1, 0.15) is 18.5 Å². The van der Waals surface area contributed by atoms with Gasteiger partial charge in [-0.25, -0.2) is 0 Å². The van der Waals surface area contributed by atoms with Crippen molar-refractivity contribution in [3.63, 3.8) is 0 Å². The molecule has 0 aliphatic carbocycles. The molecule has 2 aromatic carbocycles. The van der Waals surface area contributed by atoms with Gasteiger partial charge in [-0.05, 0) is 11.6 Å². The molecule has 0 heterocycles. The van der Waals surface area contributed by atoms with E-state index in [9.17, 15) is 4.79 Å². The lowest BCUT2D eigenvalue weighted by molar-refractivity contribution is -0.128. The number of carbonyl (C=O) groups is 1. The van der Waals surface area contributed by atoms with Crippen molar-refractivity contribution >= 4 is 5.78 Å². The molecule has 3 nitrogen and oxygen atoms in total. The largest absolute Gasteiger partial charge is 0.489 e. The lowest BCUT2D eigenvalue weighted by atomic mass is 10.0. The lowest BCUT2D eigenvalue weighted by Crippen LogP contribution is -2.14.